The van der Waals surface area contributed by atoms with E-state index in [1.54, 1.807) is 0 Å². The van der Waals surface area contributed by atoms with E-state index >= 15 is 0 Å². The maximum atomic E-state index is 7.98. The third-order valence-corrected chi connectivity index (χ3v) is 1.93. The summed E-state index contributed by atoms with van der Waals surface area (Å²) in [6, 6.07) is 0. The minimum atomic E-state index is 0.273. The molecule has 0 aromatic carbocycles. The molecule has 0 radical (unpaired) electrons. The van der Waals surface area contributed by atoms with Gasteiger partial charge in [-0.15, -0.1) is 0 Å². The van der Waals surface area contributed by atoms with E-state index in [4.69, 9.17) is 5.26 Å². The summed E-state index contributed by atoms with van der Waals surface area (Å²) in [7, 11) is 0. The topological polar surface area (TPSA) is 23.8 Å². The zero-order valence-corrected chi connectivity index (χ0v) is 5.48. The third-order valence-electron chi connectivity index (χ3n) is 0.371. The first kappa shape index (κ1) is 6.01. The standard InChI is InChI=1S/C4H7NSe/c1-2-3-6-4-5/h2-3H2,1H3. The molecule has 2 heteroatoms. The fourth-order valence-electron chi connectivity index (χ4n) is 0.148. The van der Waals surface area contributed by atoms with Gasteiger partial charge in [0.15, 0.2) is 0 Å². The van der Waals surface area contributed by atoms with Gasteiger partial charge in [-0.25, -0.2) is 0 Å². The summed E-state index contributed by atoms with van der Waals surface area (Å²) in [6.45, 7) is 2.10. The fraction of sp³-hybridized carbons (Fsp3) is 0.750. The number of rotatable bonds is 2. The van der Waals surface area contributed by atoms with Gasteiger partial charge in [-0.1, -0.05) is 0 Å². The Bertz CT molecular complexity index is 55.1. The van der Waals surface area contributed by atoms with Crippen molar-refractivity contribution >= 4 is 15.0 Å². The molecule has 0 aliphatic carbocycles. The van der Waals surface area contributed by atoms with Crippen molar-refractivity contribution in [2.24, 2.45) is 0 Å². The van der Waals surface area contributed by atoms with Crippen LogP contribution in [0.5, 0.6) is 0 Å². The van der Waals surface area contributed by atoms with Gasteiger partial charge in [0.25, 0.3) is 0 Å². The van der Waals surface area contributed by atoms with Crippen LogP contribution in [0.1, 0.15) is 13.3 Å². The Morgan fingerprint density at radius 1 is 1.83 bits per heavy atom. The maximum absolute atomic E-state index is 7.98. The van der Waals surface area contributed by atoms with E-state index in [-0.39, 0.29) is 15.0 Å². The van der Waals surface area contributed by atoms with Crippen LogP contribution < -0.4 is 0 Å². The molecular weight excluding hydrogens is 141 g/mol. The predicted octanol–water partition coefficient (Wildman–Crippen LogP) is 1.000. The first-order valence-electron chi connectivity index (χ1n) is 1.92. The summed E-state index contributed by atoms with van der Waals surface area (Å²) < 4.78 is 0. The van der Waals surface area contributed by atoms with E-state index < -0.39 is 0 Å². The Morgan fingerprint density at radius 2 is 2.50 bits per heavy atom. The fourth-order valence-corrected chi connectivity index (χ4v) is 0.768. The van der Waals surface area contributed by atoms with Gasteiger partial charge in [0, 0.05) is 0 Å². The predicted molar refractivity (Wildman–Crippen MR) is 26.5 cm³/mol. The molecule has 0 rings (SSSR count). The van der Waals surface area contributed by atoms with Crippen LogP contribution in [-0.4, -0.2) is 15.0 Å². The average Bonchev–Trinajstić information content (AvgIpc) is 1.61. The van der Waals surface area contributed by atoms with Crippen LogP contribution in [0.15, 0.2) is 0 Å². The molecule has 0 bridgehead atoms. The number of nitrogens with zero attached hydrogens (tertiary/aromatic N) is 1. The van der Waals surface area contributed by atoms with Crippen LogP contribution in [-0.2, 0) is 0 Å². The minimum absolute atomic E-state index is 0.273. The summed E-state index contributed by atoms with van der Waals surface area (Å²) in [5.74, 6) is 0. The van der Waals surface area contributed by atoms with E-state index in [0.29, 0.717) is 0 Å². The van der Waals surface area contributed by atoms with E-state index in [9.17, 15) is 0 Å². The number of nitriles is 1. The molecule has 0 amide bonds. The molecule has 0 saturated carbocycles. The zero-order valence-electron chi connectivity index (χ0n) is 3.77. The second kappa shape index (κ2) is 5.01. The second-order valence-corrected chi connectivity index (χ2v) is 2.79. The van der Waals surface area contributed by atoms with E-state index in [1.165, 1.54) is 0 Å². The molecule has 0 heterocycles. The molecule has 0 aliphatic heterocycles. The molecule has 6 heavy (non-hydrogen) atoms. The Balaban J connectivity index is 2.54. The van der Waals surface area contributed by atoms with Crippen molar-refractivity contribution in [3.63, 3.8) is 0 Å². The van der Waals surface area contributed by atoms with Crippen molar-refractivity contribution in [3.05, 3.63) is 0 Å². The van der Waals surface area contributed by atoms with Crippen molar-refractivity contribution in [2.45, 2.75) is 18.7 Å². The molecule has 34 valence electrons. The van der Waals surface area contributed by atoms with E-state index in [0.717, 1.165) is 11.7 Å². The quantitative estimate of drug-likeness (QED) is 0.423. The molecule has 0 spiro atoms. The average molecular weight is 148 g/mol. The molecular formula is C4H7NSe. The monoisotopic (exact) mass is 149 g/mol. The molecule has 0 atom stereocenters. The van der Waals surface area contributed by atoms with Gasteiger partial charge in [-0.3, -0.25) is 0 Å². The van der Waals surface area contributed by atoms with Crippen LogP contribution in [0.25, 0.3) is 0 Å². The van der Waals surface area contributed by atoms with Gasteiger partial charge in [0.05, 0.1) is 0 Å². The molecule has 0 unspecified atom stereocenters. The summed E-state index contributed by atoms with van der Waals surface area (Å²) in [6.07, 6.45) is 1.16. The normalized spacial score (nSPS) is 7.33. The van der Waals surface area contributed by atoms with Gasteiger partial charge in [0.1, 0.15) is 0 Å². The summed E-state index contributed by atoms with van der Waals surface area (Å²) in [5.41, 5.74) is 0. The molecule has 0 aliphatic rings. The molecule has 0 saturated heterocycles. The van der Waals surface area contributed by atoms with Crippen molar-refractivity contribution < 1.29 is 0 Å². The zero-order chi connectivity index (χ0) is 4.83. The Hall–Kier alpha value is 0.00948. The third kappa shape index (κ3) is 4.01. The second-order valence-electron chi connectivity index (χ2n) is 0.940. The van der Waals surface area contributed by atoms with Crippen molar-refractivity contribution in [3.8, 4) is 4.97 Å². The summed E-state index contributed by atoms with van der Waals surface area (Å²) in [4.78, 5) is 2.13. The number of hydrogen-bond acceptors (Lipinski definition) is 1. The molecule has 0 aromatic rings. The van der Waals surface area contributed by atoms with Gasteiger partial charge in [-0.2, -0.15) is 0 Å². The Labute approximate surface area is 44.5 Å². The molecule has 0 aromatic heterocycles. The SMILES string of the molecule is CCC[Se]C#N. The van der Waals surface area contributed by atoms with Crippen LogP contribution in [0.2, 0.25) is 5.32 Å². The first-order valence-corrected chi connectivity index (χ1v) is 3.99. The first-order chi connectivity index (χ1) is 2.91. The summed E-state index contributed by atoms with van der Waals surface area (Å²) >= 11 is 0.273. The molecule has 0 fully saturated rings. The van der Waals surface area contributed by atoms with Gasteiger partial charge in [-0.05, 0) is 0 Å². The van der Waals surface area contributed by atoms with Crippen molar-refractivity contribution in [1.82, 2.24) is 0 Å². The van der Waals surface area contributed by atoms with Gasteiger partial charge in [0.2, 0.25) is 0 Å². The van der Waals surface area contributed by atoms with Crippen LogP contribution in [0.4, 0.5) is 0 Å². The summed E-state index contributed by atoms with van der Waals surface area (Å²) in [5, 5.41) is 9.09. The van der Waals surface area contributed by atoms with Crippen molar-refractivity contribution in [1.29, 1.82) is 5.26 Å². The Morgan fingerprint density at radius 3 is 2.67 bits per heavy atom. The molecule has 0 N–H and O–H groups in total. The van der Waals surface area contributed by atoms with E-state index in [2.05, 4.69) is 11.9 Å². The van der Waals surface area contributed by atoms with E-state index in [1.807, 2.05) is 0 Å². The Kier molecular flexibility index (Phi) is 5.02. The van der Waals surface area contributed by atoms with Gasteiger partial charge < -0.3 is 0 Å². The van der Waals surface area contributed by atoms with Crippen molar-refractivity contribution in [2.75, 3.05) is 0 Å². The van der Waals surface area contributed by atoms with Crippen LogP contribution >= 0.6 is 0 Å². The van der Waals surface area contributed by atoms with Crippen LogP contribution in [0.3, 0.4) is 0 Å². The molecule has 1 nitrogen and oxygen atoms in total. The number of hydrogen-bond donors (Lipinski definition) is 0. The van der Waals surface area contributed by atoms with Gasteiger partial charge >= 0.3 is 43.9 Å². The van der Waals surface area contributed by atoms with Crippen LogP contribution in [0, 0.1) is 10.2 Å².